The van der Waals surface area contributed by atoms with E-state index in [4.69, 9.17) is 5.11 Å². The number of hydrogen-bond donors (Lipinski definition) is 1. The number of anilines is 1. The maximum Gasteiger partial charge on any atom is 0.307 e. The highest BCUT2D eigenvalue weighted by Crippen LogP contribution is 2.30. The van der Waals surface area contributed by atoms with Gasteiger partial charge in [0.15, 0.2) is 0 Å². The van der Waals surface area contributed by atoms with Crippen LogP contribution in [0, 0.1) is 11.8 Å². The standard InChI is InChI=1S/C14H15NO4/c1-8-9(2)14(19)15(13(8)18)11-5-3-10(4-6-11)7-12(16)17/h3-6,8-9H,7H2,1-2H3,(H,16,17). The fourth-order valence-corrected chi connectivity index (χ4v) is 2.14. The third-order valence-electron chi connectivity index (χ3n) is 3.52. The number of benzene rings is 1. The number of carboxylic acid groups (broad SMARTS) is 1. The zero-order valence-electron chi connectivity index (χ0n) is 10.8. The van der Waals surface area contributed by atoms with Gasteiger partial charge < -0.3 is 5.11 Å². The predicted molar refractivity (Wildman–Crippen MR) is 68.6 cm³/mol. The Bertz CT molecular complexity index is 515. The summed E-state index contributed by atoms with van der Waals surface area (Å²) in [4.78, 5) is 35.8. The first-order chi connectivity index (χ1) is 8.91. The van der Waals surface area contributed by atoms with E-state index in [0.29, 0.717) is 11.3 Å². The fraction of sp³-hybridized carbons (Fsp3) is 0.357. The highest BCUT2D eigenvalue weighted by atomic mass is 16.4. The molecule has 1 aliphatic rings. The number of rotatable bonds is 3. The number of carbonyl (C=O) groups excluding carboxylic acids is 2. The molecule has 0 aromatic heterocycles. The summed E-state index contributed by atoms with van der Waals surface area (Å²) in [5.74, 6) is -1.95. The molecule has 0 radical (unpaired) electrons. The van der Waals surface area contributed by atoms with E-state index in [1.54, 1.807) is 38.1 Å². The van der Waals surface area contributed by atoms with Gasteiger partial charge in [-0.1, -0.05) is 26.0 Å². The van der Waals surface area contributed by atoms with Crippen LogP contribution in [0.5, 0.6) is 0 Å². The number of carboxylic acids is 1. The third kappa shape index (κ3) is 2.36. The lowest BCUT2D eigenvalue weighted by Gasteiger charge is -2.14. The molecule has 0 aliphatic carbocycles. The molecule has 2 rings (SSSR count). The van der Waals surface area contributed by atoms with E-state index in [1.165, 1.54) is 4.90 Å². The van der Waals surface area contributed by atoms with Crippen molar-refractivity contribution in [3.63, 3.8) is 0 Å². The Morgan fingerprint density at radius 3 is 2.00 bits per heavy atom. The van der Waals surface area contributed by atoms with Crippen molar-refractivity contribution in [2.75, 3.05) is 4.90 Å². The SMILES string of the molecule is CC1C(=O)N(c2ccc(CC(=O)O)cc2)C(=O)C1C. The van der Waals surface area contributed by atoms with Crippen molar-refractivity contribution < 1.29 is 19.5 Å². The number of aliphatic carboxylic acids is 1. The van der Waals surface area contributed by atoms with Crippen LogP contribution in [0.3, 0.4) is 0 Å². The van der Waals surface area contributed by atoms with Crippen LogP contribution in [-0.2, 0) is 20.8 Å². The normalized spacial score (nSPS) is 22.9. The Morgan fingerprint density at radius 1 is 1.11 bits per heavy atom. The summed E-state index contributed by atoms with van der Waals surface area (Å²) in [6.45, 7) is 3.48. The van der Waals surface area contributed by atoms with Gasteiger partial charge in [-0.3, -0.25) is 19.3 Å². The zero-order chi connectivity index (χ0) is 14.2. The van der Waals surface area contributed by atoms with Crippen LogP contribution >= 0.6 is 0 Å². The number of imide groups is 1. The van der Waals surface area contributed by atoms with Gasteiger partial charge in [-0.15, -0.1) is 0 Å². The molecular weight excluding hydrogens is 246 g/mol. The Morgan fingerprint density at radius 2 is 1.58 bits per heavy atom. The Labute approximate surface area is 110 Å². The summed E-state index contributed by atoms with van der Waals surface area (Å²) < 4.78 is 0. The lowest BCUT2D eigenvalue weighted by molar-refractivity contribution is -0.136. The first-order valence-corrected chi connectivity index (χ1v) is 6.10. The minimum absolute atomic E-state index is 0.0744. The zero-order valence-corrected chi connectivity index (χ0v) is 10.8. The van der Waals surface area contributed by atoms with Crippen molar-refractivity contribution in [1.29, 1.82) is 0 Å². The van der Waals surface area contributed by atoms with Gasteiger partial charge in [-0.05, 0) is 17.7 Å². The first-order valence-electron chi connectivity index (χ1n) is 6.10. The van der Waals surface area contributed by atoms with Crippen molar-refractivity contribution in [2.24, 2.45) is 11.8 Å². The lowest BCUT2D eigenvalue weighted by atomic mass is 10.00. The van der Waals surface area contributed by atoms with Crippen molar-refractivity contribution in [3.05, 3.63) is 29.8 Å². The van der Waals surface area contributed by atoms with Crippen molar-refractivity contribution in [1.82, 2.24) is 0 Å². The van der Waals surface area contributed by atoms with Gasteiger partial charge >= 0.3 is 5.97 Å². The van der Waals surface area contributed by atoms with Gasteiger partial charge in [0.05, 0.1) is 12.1 Å². The summed E-state index contributed by atoms with van der Waals surface area (Å²) in [5.41, 5.74) is 1.14. The maximum atomic E-state index is 12.0. The Balaban J connectivity index is 2.25. The van der Waals surface area contributed by atoms with Crippen LogP contribution in [-0.4, -0.2) is 22.9 Å². The van der Waals surface area contributed by atoms with Crippen LogP contribution in [0.15, 0.2) is 24.3 Å². The topological polar surface area (TPSA) is 74.7 Å². The molecule has 5 heteroatoms. The minimum Gasteiger partial charge on any atom is -0.481 e. The van der Waals surface area contributed by atoms with Gasteiger partial charge in [-0.25, -0.2) is 0 Å². The summed E-state index contributed by atoms with van der Waals surface area (Å²) in [6.07, 6.45) is -0.0744. The van der Waals surface area contributed by atoms with E-state index in [2.05, 4.69) is 0 Å². The van der Waals surface area contributed by atoms with E-state index >= 15 is 0 Å². The molecule has 1 heterocycles. The average Bonchev–Trinajstić information content (AvgIpc) is 2.55. The third-order valence-corrected chi connectivity index (χ3v) is 3.52. The summed E-state index contributed by atoms with van der Waals surface area (Å²) in [7, 11) is 0. The monoisotopic (exact) mass is 261 g/mol. The molecule has 1 saturated heterocycles. The molecule has 2 atom stereocenters. The first kappa shape index (κ1) is 13.3. The molecule has 5 nitrogen and oxygen atoms in total. The van der Waals surface area contributed by atoms with Gasteiger partial charge in [0.1, 0.15) is 0 Å². The van der Waals surface area contributed by atoms with E-state index in [9.17, 15) is 14.4 Å². The number of carbonyl (C=O) groups is 3. The molecule has 0 bridgehead atoms. The molecule has 1 aromatic rings. The van der Waals surface area contributed by atoms with Crippen LogP contribution in [0.4, 0.5) is 5.69 Å². The number of amides is 2. The van der Waals surface area contributed by atoms with Crippen molar-refractivity contribution >= 4 is 23.5 Å². The lowest BCUT2D eigenvalue weighted by Crippen LogP contribution is -2.30. The van der Waals surface area contributed by atoms with Crippen LogP contribution in [0.2, 0.25) is 0 Å². The predicted octanol–water partition coefficient (Wildman–Crippen LogP) is 1.46. The number of hydrogen-bond acceptors (Lipinski definition) is 3. The van der Waals surface area contributed by atoms with Gasteiger partial charge in [0, 0.05) is 11.8 Å². The van der Waals surface area contributed by atoms with Gasteiger partial charge in [0.25, 0.3) is 0 Å². The van der Waals surface area contributed by atoms with Crippen LogP contribution in [0.25, 0.3) is 0 Å². The van der Waals surface area contributed by atoms with E-state index < -0.39 is 5.97 Å². The van der Waals surface area contributed by atoms with E-state index in [-0.39, 0.29) is 30.1 Å². The minimum atomic E-state index is -0.914. The quantitative estimate of drug-likeness (QED) is 0.836. The molecule has 0 spiro atoms. The molecular formula is C14H15NO4. The summed E-state index contributed by atoms with van der Waals surface area (Å²) >= 11 is 0. The number of nitrogens with zero attached hydrogens (tertiary/aromatic N) is 1. The highest BCUT2D eigenvalue weighted by Gasteiger charge is 2.42. The summed E-state index contributed by atoms with van der Waals surface area (Å²) in [6, 6.07) is 6.47. The summed E-state index contributed by atoms with van der Waals surface area (Å²) in [5, 5.41) is 8.68. The second-order valence-corrected chi connectivity index (χ2v) is 4.83. The van der Waals surface area contributed by atoms with Crippen molar-refractivity contribution in [2.45, 2.75) is 20.3 Å². The van der Waals surface area contributed by atoms with E-state index in [0.717, 1.165) is 0 Å². The molecule has 19 heavy (non-hydrogen) atoms. The maximum absolute atomic E-state index is 12.0. The second kappa shape index (κ2) is 4.84. The second-order valence-electron chi connectivity index (χ2n) is 4.83. The molecule has 2 unspecified atom stereocenters. The largest absolute Gasteiger partial charge is 0.481 e. The van der Waals surface area contributed by atoms with E-state index in [1.807, 2.05) is 0 Å². The highest BCUT2D eigenvalue weighted by molar-refractivity contribution is 6.21. The van der Waals surface area contributed by atoms with Crippen LogP contribution < -0.4 is 4.90 Å². The molecule has 1 aliphatic heterocycles. The molecule has 1 N–H and O–H groups in total. The average molecular weight is 261 g/mol. The van der Waals surface area contributed by atoms with Gasteiger partial charge in [0.2, 0.25) is 11.8 Å². The van der Waals surface area contributed by atoms with Crippen molar-refractivity contribution in [3.8, 4) is 0 Å². The smallest absolute Gasteiger partial charge is 0.307 e. The fourth-order valence-electron chi connectivity index (χ4n) is 2.14. The molecule has 1 aromatic carbocycles. The molecule has 100 valence electrons. The van der Waals surface area contributed by atoms with Crippen LogP contribution in [0.1, 0.15) is 19.4 Å². The molecule has 0 saturated carbocycles. The van der Waals surface area contributed by atoms with Gasteiger partial charge in [-0.2, -0.15) is 0 Å². The molecule has 2 amide bonds. The molecule has 1 fully saturated rings. The Kier molecular flexibility index (Phi) is 3.38. The Hall–Kier alpha value is -2.17.